The summed E-state index contributed by atoms with van der Waals surface area (Å²) < 4.78 is 7.24. The van der Waals surface area contributed by atoms with Crippen LogP contribution in [0.15, 0.2) is 61.1 Å². The molecule has 0 bridgehead atoms. The summed E-state index contributed by atoms with van der Waals surface area (Å²) >= 11 is 0. The van der Waals surface area contributed by atoms with Gasteiger partial charge in [0.1, 0.15) is 18.0 Å². The van der Waals surface area contributed by atoms with Crippen LogP contribution in [0.3, 0.4) is 0 Å². The molecular weight excluding hydrogens is 384 g/mol. The molecule has 0 saturated heterocycles. The minimum atomic E-state index is -0.513. The molecule has 0 amide bonds. The summed E-state index contributed by atoms with van der Waals surface area (Å²) in [7, 11) is 0. The van der Waals surface area contributed by atoms with Gasteiger partial charge in [0.25, 0.3) is 0 Å². The summed E-state index contributed by atoms with van der Waals surface area (Å²) in [6, 6.07) is 12.8. The second kappa shape index (κ2) is 7.86. The summed E-state index contributed by atoms with van der Waals surface area (Å²) in [6.07, 6.45) is 6.24. The summed E-state index contributed by atoms with van der Waals surface area (Å²) in [6.45, 7) is 4.21. The smallest absolute Gasteiger partial charge is 0.313 e. The van der Waals surface area contributed by atoms with Gasteiger partial charge >= 0.3 is 5.69 Å². The molecule has 4 rings (SSSR count). The van der Waals surface area contributed by atoms with Crippen molar-refractivity contribution in [1.82, 2.24) is 25.6 Å². The van der Waals surface area contributed by atoms with Crippen molar-refractivity contribution >= 4 is 5.69 Å². The van der Waals surface area contributed by atoms with Crippen LogP contribution in [0.5, 0.6) is 5.75 Å². The molecule has 0 unspecified atom stereocenters. The van der Waals surface area contributed by atoms with Crippen molar-refractivity contribution in [1.29, 1.82) is 0 Å². The zero-order valence-corrected chi connectivity index (χ0v) is 16.7. The third-order valence-electron chi connectivity index (χ3n) is 4.96. The van der Waals surface area contributed by atoms with E-state index in [0.717, 1.165) is 12.0 Å². The van der Waals surface area contributed by atoms with Crippen molar-refractivity contribution in [3.05, 3.63) is 76.7 Å². The minimum absolute atomic E-state index is 0.133. The van der Waals surface area contributed by atoms with E-state index in [2.05, 4.69) is 40.0 Å². The number of aryl methyl sites for hydroxylation is 1. The minimum Gasteiger partial charge on any atom is -0.482 e. The number of nitrogens with zero attached hydrogens (tertiary/aromatic N) is 4. The van der Waals surface area contributed by atoms with Crippen LogP contribution in [0.4, 0.5) is 5.69 Å². The van der Waals surface area contributed by atoms with E-state index in [1.807, 2.05) is 19.1 Å². The highest BCUT2D eigenvalue weighted by molar-refractivity contribution is 5.59. The van der Waals surface area contributed by atoms with E-state index < -0.39 is 10.6 Å². The van der Waals surface area contributed by atoms with Crippen molar-refractivity contribution < 1.29 is 9.66 Å². The molecule has 2 aromatic carbocycles. The molecule has 0 radical (unpaired) electrons. The predicted octanol–water partition coefficient (Wildman–Crippen LogP) is 3.16. The number of nitrogens with one attached hydrogen (secondary N) is 2. The fourth-order valence-corrected chi connectivity index (χ4v) is 3.14. The highest BCUT2D eigenvalue weighted by Gasteiger charge is 2.27. The molecule has 1 aliphatic heterocycles. The molecule has 0 fully saturated rings. The van der Waals surface area contributed by atoms with E-state index in [4.69, 9.17) is 4.74 Å². The van der Waals surface area contributed by atoms with Gasteiger partial charge in [0.2, 0.25) is 0 Å². The molecule has 30 heavy (non-hydrogen) atoms. The van der Waals surface area contributed by atoms with Gasteiger partial charge in [0, 0.05) is 24.0 Å². The molecule has 2 N–H and O–H groups in total. The maximum Gasteiger partial charge on any atom is 0.313 e. The fraction of sp³-hybridized carbons (Fsp3) is 0.238. The van der Waals surface area contributed by atoms with Gasteiger partial charge in [-0.1, -0.05) is 36.4 Å². The van der Waals surface area contributed by atoms with Crippen molar-refractivity contribution in [3.8, 4) is 22.7 Å². The van der Waals surface area contributed by atoms with Crippen LogP contribution in [0, 0.1) is 10.1 Å². The first-order chi connectivity index (χ1) is 14.5. The topological polar surface area (TPSA) is 107 Å². The van der Waals surface area contributed by atoms with Crippen LogP contribution < -0.4 is 15.4 Å². The van der Waals surface area contributed by atoms with Crippen LogP contribution in [-0.4, -0.2) is 32.2 Å². The van der Waals surface area contributed by atoms with Crippen LogP contribution >= 0.6 is 0 Å². The molecule has 3 aromatic rings. The van der Waals surface area contributed by atoms with E-state index in [9.17, 15) is 10.1 Å². The van der Waals surface area contributed by atoms with E-state index in [-0.39, 0.29) is 18.0 Å². The SMILES string of the molecule is CCc1ccc(-c2cn(-c3ccc(OCC4(C)NC=CN4)c([N+](=O)[O-])c3)nn2)cc1. The highest BCUT2D eigenvalue weighted by atomic mass is 16.6. The third kappa shape index (κ3) is 3.95. The third-order valence-corrected chi connectivity index (χ3v) is 4.96. The Morgan fingerprint density at radius 3 is 2.57 bits per heavy atom. The van der Waals surface area contributed by atoms with Crippen molar-refractivity contribution in [3.63, 3.8) is 0 Å². The average molecular weight is 406 g/mol. The Morgan fingerprint density at radius 2 is 1.90 bits per heavy atom. The number of aromatic nitrogens is 3. The lowest BCUT2D eigenvalue weighted by Crippen LogP contribution is -2.50. The lowest BCUT2D eigenvalue weighted by Gasteiger charge is -2.25. The van der Waals surface area contributed by atoms with Gasteiger partial charge in [-0.05, 0) is 31.0 Å². The molecule has 1 aromatic heterocycles. The molecule has 1 aliphatic rings. The van der Waals surface area contributed by atoms with Crippen molar-refractivity contribution in [2.75, 3.05) is 6.61 Å². The number of rotatable bonds is 7. The monoisotopic (exact) mass is 406 g/mol. The molecule has 0 spiro atoms. The van der Waals surface area contributed by atoms with Gasteiger partial charge < -0.3 is 15.4 Å². The molecule has 0 aliphatic carbocycles. The molecule has 0 saturated carbocycles. The summed E-state index contributed by atoms with van der Waals surface area (Å²) in [5, 5.41) is 26.1. The van der Waals surface area contributed by atoms with E-state index in [1.54, 1.807) is 30.7 Å². The lowest BCUT2D eigenvalue weighted by molar-refractivity contribution is -0.385. The van der Waals surface area contributed by atoms with Crippen molar-refractivity contribution in [2.45, 2.75) is 25.9 Å². The van der Waals surface area contributed by atoms with Gasteiger partial charge in [-0.2, -0.15) is 0 Å². The Labute approximate surface area is 173 Å². The van der Waals surface area contributed by atoms with Crippen LogP contribution in [0.2, 0.25) is 0 Å². The standard InChI is InChI=1S/C21H22N6O3/c1-3-15-4-6-16(7-5-15)18-13-26(25-24-18)17-8-9-20(19(12-17)27(28)29)30-14-21(2)22-10-11-23-21/h4-13,22-23H,3,14H2,1-2H3. The number of hydrogen-bond acceptors (Lipinski definition) is 7. The number of nitro benzene ring substituents is 1. The lowest BCUT2D eigenvalue weighted by atomic mass is 10.1. The summed E-state index contributed by atoms with van der Waals surface area (Å²) in [4.78, 5) is 11.1. The molecular formula is C21H22N6O3. The number of ether oxygens (including phenoxy) is 1. The van der Waals surface area contributed by atoms with E-state index in [0.29, 0.717) is 11.4 Å². The molecule has 0 atom stereocenters. The number of nitro groups is 1. The second-order valence-corrected chi connectivity index (χ2v) is 7.25. The Kier molecular flexibility index (Phi) is 5.09. The maximum absolute atomic E-state index is 11.6. The Hall–Kier alpha value is -3.88. The van der Waals surface area contributed by atoms with Crippen LogP contribution in [-0.2, 0) is 6.42 Å². The first-order valence-electron chi connectivity index (χ1n) is 9.61. The van der Waals surface area contributed by atoms with Gasteiger partial charge in [-0.25, -0.2) is 4.68 Å². The molecule has 9 heteroatoms. The predicted molar refractivity (Wildman–Crippen MR) is 112 cm³/mol. The second-order valence-electron chi connectivity index (χ2n) is 7.25. The number of benzene rings is 2. The zero-order valence-electron chi connectivity index (χ0n) is 16.7. The average Bonchev–Trinajstić information content (AvgIpc) is 3.42. The summed E-state index contributed by atoms with van der Waals surface area (Å²) in [5.41, 5.74) is 2.76. The largest absolute Gasteiger partial charge is 0.482 e. The quantitative estimate of drug-likeness (QED) is 0.458. The van der Waals surface area contributed by atoms with Gasteiger partial charge in [0.05, 0.1) is 16.8 Å². The Bertz CT molecular complexity index is 1080. The molecule has 9 nitrogen and oxygen atoms in total. The van der Waals surface area contributed by atoms with E-state index in [1.165, 1.54) is 16.3 Å². The van der Waals surface area contributed by atoms with Crippen molar-refractivity contribution in [2.24, 2.45) is 0 Å². The Morgan fingerprint density at radius 1 is 1.17 bits per heavy atom. The first-order valence-corrected chi connectivity index (χ1v) is 9.61. The van der Waals surface area contributed by atoms with Gasteiger partial charge in [-0.3, -0.25) is 10.1 Å². The van der Waals surface area contributed by atoms with E-state index >= 15 is 0 Å². The van der Waals surface area contributed by atoms with Crippen LogP contribution in [0.1, 0.15) is 19.4 Å². The van der Waals surface area contributed by atoms with Crippen LogP contribution in [0.25, 0.3) is 16.9 Å². The fourth-order valence-electron chi connectivity index (χ4n) is 3.14. The zero-order chi connectivity index (χ0) is 21.1. The first kappa shape index (κ1) is 19.4. The van der Waals surface area contributed by atoms with Gasteiger partial charge in [0.15, 0.2) is 5.75 Å². The van der Waals surface area contributed by atoms with Gasteiger partial charge in [-0.15, -0.1) is 5.10 Å². The normalized spacial score (nSPS) is 14.2. The molecule has 2 heterocycles. The Balaban J connectivity index is 1.56. The molecule has 154 valence electrons. The highest BCUT2D eigenvalue weighted by Crippen LogP contribution is 2.30. The number of hydrogen-bond donors (Lipinski definition) is 2. The maximum atomic E-state index is 11.6. The summed E-state index contributed by atoms with van der Waals surface area (Å²) in [5.74, 6) is 0.191.